The molecule has 0 unspecified atom stereocenters. The highest BCUT2D eigenvalue weighted by Crippen LogP contribution is 2.33. The zero-order valence-corrected chi connectivity index (χ0v) is 22.8. The van der Waals surface area contributed by atoms with Gasteiger partial charge in [-0.15, -0.1) is 11.3 Å². The number of thiazole rings is 1. The quantitative estimate of drug-likeness (QED) is 0.353. The number of carbonyl (C=O) groups is 2. The van der Waals surface area contributed by atoms with Gasteiger partial charge in [-0.1, -0.05) is 60.4 Å². The van der Waals surface area contributed by atoms with Crippen molar-refractivity contribution in [1.82, 2.24) is 20.1 Å². The monoisotopic (exact) mass is 547 g/mol. The second-order valence-electron chi connectivity index (χ2n) is 9.92. The molecule has 4 aromatic rings. The second kappa shape index (κ2) is 11.8. The van der Waals surface area contributed by atoms with Crippen LogP contribution < -0.4 is 10.6 Å². The van der Waals surface area contributed by atoms with Crippen LogP contribution in [0, 0.1) is 11.8 Å². The summed E-state index contributed by atoms with van der Waals surface area (Å²) in [5.41, 5.74) is 5.19. The maximum Gasteiger partial charge on any atom is 0.255 e. The first-order valence-electron chi connectivity index (χ1n) is 13.4. The molecule has 1 saturated heterocycles. The maximum absolute atomic E-state index is 13.6. The first-order chi connectivity index (χ1) is 19.6. The predicted octanol–water partition coefficient (Wildman–Crippen LogP) is 4.28. The summed E-state index contributed by atoms with van der Waals surface area (Å²) in [5.74, 6) is 5.98. The van der Waals surface area contributed by atoms with Gasteiger partial charge in [-0.05, 0) is 41.0 Å². The van der Waals surface area contributed by atoms with Gasteiger partial charge < -0.3 is 10.2 Å². The SMILES string of the molecule is O=C(Nc1nccs1)[C@@H](c1ccccc1)N1Cc2ccc(C#Cc3ccc(CN4CCNCC4)cc3)cc2C1=O. The molecule has 6 rings (SSSR count). The van der Waals surface area contributed by atoms with Gasteiger partial charge >= 0.3 is 0 Å². The number of fused-ring (bicyclic) bond motifs is 1. The standard InChI is InChI=1S/C32H29N5O2S/c38-30(35-32-34-16-19-40-32)29(26-4-2-1-3-5-26)37-22-27-13-12-24(20-28(27)31(37)39)9-6-23-7-10-25(11-8-23)21-36-17-14-33-15-18-36/h1-5,7-8,10-13,16,19-20,29,33H,14-15,17-18,21-22H2,(H,34,35,38)/t29-/m1/s1. The van der Waals surface area contributed by atoms with Crippen molar-refractivity contribution in [3.8, 4) is 11.8 Å². The van der Waals surface area contributed by atoms with Crippen molar-refractivity contribution in [2.45, 2.75) is 19.1 Å². The third-order valence-electron chi connectivity index (χ3n) is 7.20. The summed E-state index contributed by atoms with van der Waals surface area (Å²) < 4.78 is 0. The van der Waals surface area contributed by atoms with E-state index in [2.05, 4.69) is 56.6 Å². The number of hydrogen-bond acceptors (Lipinski definition) is 6. The van der Waals surface area contributed by atoms with Crippen molar-refractivity contribution in [3.05, 3.63) is 118 Å². The van der Waals surface area contributed by atoms with E-state index in [9.17, 15) is 9.59 Å². The van der Waals surface area contributed by atoms with Crippen LogP contribution in [0.5, 0.6) is 0 Å². The maximum atomic E-state index is 13.6. The van der Waals surface area contributed by atoms with E-state index in [0.29, 0.717) is 17.2 Å². The minimum Gasteiger partial charge on any atom is -0.318 e. The summed E-state index contributed by atoms with van der Waals surface area (Å²) >= 11 is 1.34. The Labute approximate surface area is 237 Å². The predicted molar refractivity (Wildman–Crippen MR) is 157 cm³/mol. The fourth-order valence-corrected chi connectivity index (χ4v) is 5.67. The number of nitrogens with zero attached hydrogens (tertiary/aromatic N) is 3. The fraction of sp³-hybridized carbons (Fsp3) is 0.219. The van der Waals surface area contributed by atoms with Gasteiger partial charge in [0, 0.05) is 67.5 Å². The van der Waals surface area contributed by atoms with Gasteiger partial charge in [0.15, 0.2) is 5.13 Å². The summed E-state index contributed by atoms with van der Waals surface area (Å²) in [6.45, 7) is 5.51. The molecule has 200 valence electrons. The molecule has 1 fully saturated rings. The first-order valence-corrected chi connectivity index (χ1v) is 14.3. The largest absolute Gasteiger partial charge is 0.318 e. The van der Waals surface area contributed by atoms with E-state index in [0.717, 1.165) is 55.0 Å². The van der Waals surface area contributed by atoms with Gasteiger partial charge in [0.2, 0.25) is 0 Å². The molecule has 0 aliphatic carbocycles. The van der Waals surface area contributed by atoms with Crippen LogP contribution in [-0.2, 0) is 17.9 Å². The van der Waals surface area contributed by atoms with Crippen molar-refractivity contribution >= 4 is 28.3 Å². The highest BCUT2D eigenvalue weighted by Gasteiger charge is 2.37. The molecule has 2 aliphatic rings. The lowest BCUT2D eigenvalue weighted by Gasteiger charge is -2.27. The average molecular weight is 548 g/mol. The van der Waals surface area contributed by atoms with Crippen LogP contribution in [0.15, 0.2) is 84.4 Å². The van der Waals surface area contributed by atoms with Crippen LogP contribution in [0.2, 0.25) is 0 Å². The van der Waals surface area contributed by atoms with Gasteiger partial charge in [-0.25, -0.2) is 4.98 Å². The molecule has 0 spiro atoms. The van der Waals surface area contributed by atoms with Crippen LogP contribution in [0.4, 0.5) is 5.13 Å². The number of rotatable bonds is 6. The molecule has 0 saturated carbocycles. The third-order valence-corrected chi connectivity index (χ3v) is 7.89. The zero-order chi connectivity index (χ0) is 27.3. The molecule has 0 radical (unpaired) electrons. The van der Waals surface area contributed by atoms with Gasteiger partial charge in [0.05, 0.1) is 0 Å². The minimum absolute atomic E-state index is 0.181. The van der Waals surface area contributed by atoms with Crippen LogP contribution in [0.3, 0.4) is 0 Å². The molecule has 2 aliphatic heterocycles. The van der Waals surface area contributed by atoms with Gasteiger partial charge in [0.25, 0.3) is 11.8 Å². The van der Waals surface area contributed by atoms with Crippen molar-refractivity contribution in [3.63, 3.8) is 0 Å². The first kappa shape index (κ1) is 26.0. The van der Waals surface area contributed by atoms with Crippen molar-refractivity contribution < 1.29 is 9.59 Å². The summed E-state index contributed by atoms with van der Waals surface area (Å²) in [6, 6.07) is 22.7. The summed E-state index contributed by atoms with van der Waals surface area (Å²) in [6.07, 6.45) is 1.64. The lowest BCUT2D eigenvalue weighted by atomic mass is 10.0. The average Bonchev–Trinajstić information content (AvgIpc) is 3.62. The Morgan fingerprint density at radius 2 is 1.75 bits per heavy atom. The number of piperazine rings is 1. The Morgan fingerprint density at radius 3 is 2.50 bits per heavy atom. The lowest BCUT2D eigenvalue weighted by molar-refractivity contribution is -0.120. The molecule has 1 atom stereocenters. The number of benzene rings is 3. The number of amides is 2. The molecular formula is C32H29N5O2S. The molecular weight excluding hydrogens is 518 g/mol. The summed E-state index contributed by atoms with van der Waals surface area (Å²) in [4.78, 5) is 35.3. The van der Waals surface area contributed by atoms with Gasteiger partial charge in [-0.3, -0.25) is 19.8 Å². The highest BCUT2D eigenvalue weighted by atomic mass is 32.1. The molecule has 2 amide bonds. The fourth-order valence-electron chi connectivity index (χ4n) is 5.14. The van der Waals surface area contributed by atoms with Gasteiger partial charge in [-0.2, -0.15) is 0 Å². The van der Waals surface area contributed by atoms with Crippen molar-refractivity contribution in [1.29, 1.82) is 0 Å². The van der Waals surface area contributed by atoms with E-state index < -0.39 is 6.04 Å². The number of nitrogens with one attached hydrogen (secondary N) is 2. The lowest BCUT2D eigenvalue weighted by Crippen LogP contribution is -2.42. The van der Waals surface area contributed by atoms with Crippen LogP contribution in [0.25, 0.3) is 0 Å². The normalized spacial score (nSPS) is 15.7. The Bertz CT molecular complexity index is 1550. The Kier molecular flexibility index (Phi) is 7.69. The van der Waals surface area contributed by atoms with Gasteiger partial charge in [0.1, 0.15) is 6.04 Å². The molecule has 7 nitrogen and oxygen atoms in total. The van der Waals surface area contributed by atoms with E-state index in [1.807, 2.05) is 48.5 Å². The van der Waals surface area contributed by atoms with Crippen molar-refractivity contribution in [2.75, 3.05) is 31.5 Å². The van der Waals surface area contributed by atoms with Crippen LogP contribution in [0.1, 0.15) is 44.2 Å². The second-order valence-corrected chi connectivity index (χ2v) is 10.8. The molecule has 0 bridgehead atoms. The highest BCUT2D eigenvalue weighted by molar-refractivity contribution is 7.13. The molecule has 8 heteroatoms. The smallest absolute Gasteiger partial charge is 0.255 e. The van der Waals surface area contributed by atoms with E-state index in [1.165, 1.54) is 16.9 Å². The number of hydrogen-bond donors (Lipinski definition) is 2. The molecule has 1 aromatic heterocycles. The summed E-state index contributed by atoms with van der Waals surface area (Å²) in [7, 11) is 0. The zero-order valence-electron chi connectivity index (χ0n) is 22.0. The van der Waals surface area contributed by atoms with Crippen LogP contribution >= 0.6 is 11.3 Å². The minimum atomic E-state index is -0.778. The van der Waals surface area contributed by atoms with E-state index in [4.69, 9.17) is 0 Å². The van der Waals surface area contributed by atoms with Crippen LogP contribution in [-0.4, -0.2) is 52.8 Å². The number of aromatic nitrogens is 1. The molecule has 3 aromatic carbocycles. The Balaban J connectivity index is 1.18. The summed E-state index contributed by atoms with van der Waals surface area (Å²) in [5, 5.41) is 8.56. The molecule has 2 N–H and O–H groups in total. The van der Waals surface area contributed by atoms with E-state index in [1.54, 1.807) is 16.5 Å². The Hall–Kier alpha value is -4.29. The third kappa shape index (κ3) is 5.82. The number of anilines is 1. The van der Waals surface area contributed by atoms with Crippen molar-refractivity contribution in [2.24, 2.45) is 0 Å². The molecule has 40 heavy (non-hydrogen) atoms. The van der Waals surface area contributed by atoms with E-state index in [-0.39, 0.29) is 11.8 Å². The Morgan fingerprint density at radius 1 is 1.00 bits per heavy atom. The topological polar surface area (TPSA) is 77.6 Å². The van der Waals surface area contributed by atoms with E-state index >= 15 is 0 Å². The molecule has 3 heterocycles. The number of carbonyl (C=O) groups excluding carboxylic acids is 2.